The fourth-order valence-corrected chi connectivity index (χ4v) is 4.11. The minimum Gasteiger partial charge on any atom is -0.326 e. The number of alkyl halides is 2. The van der Waals surface area contributed by atoms with E-state index in [2.05, 4.69) is 16.4 Å². The van der Waals surface area contributed by atoms with Gasteiger partial charge in [0.05, 0.1) is 21.1 Å². The summed E-state index contributed by atoms with van der Waals surface area (Å²) in [5.41, 5.74) is 2.95. The van der Waals surface area contributed by atoms with Gasteiger partial charge in [0.2, 0.25) is 5.91 Å². The number of nitrogens with zero attached hydrogens (tertiary/aromatic N) is 1. The summed E-state index contributed by atoms with van der Waals surface area (Å²) in [6, 6.07) is 15.9. The van der Waals surface area contributed by atoms with E-state index in [1.54, 1.807) is 11.3 Å². The average Bonchev–Trinajstić information content (AvgIpc) is 3.02. The molecule has 1 unspecified atom stereocenters. The second-order valence-electron chi connectivity index (χ2n) is 5.96. The first-order chi connectivity index (χ1) is 11.5. The van der Waals surface area contributed by atoms with Crippen molar-refractivity contribution in [3.05, 3.63) is 59.1 Å². The van der Waals surface area contributed by atoms with Gasteiger partial charge in [-0.1, -0.05) is 24.3 Å². The van der Waals surface area contributed by atoms with Gasteiger partial charge in [0, 0.05) is 12.1 Å². The summed E-state index contributed by atoms with van der Waals surface area (Å²) in [5.74, 6) is -0.442. The van der Waals surface area contributed by atoms with Crippen molar-refractivity contribution in [3.8, 4) is 0 Å². The lowest BCUT2D eigenvalue weighted by Gasteiger charge is -2.06. The summed E-state index contributed by atoms with van der Waals surface area (Å²) in [5, 5.41) is 3.93. The van der Waals surface area contributed by atoms with E-state index in [-0.39, 0.29) is 11.8 Å². The molecule has 1 atom stereocenters. The zero-order valence-electron chi connectivity index (χ0n) is 12.6. The molecule has 1 saturated carbocycles. The molecular formula is C18H14Cl2N2OS. The molecule has 6 heteroatoms. The standard InChI is InChI=1S/C18H14Cl2N2OS/c19-18(20)10-13(18)17(23)21-12-7-5-11(6-8-12)9-16-22-14-3-1-2-4-15(14)24-16/h1-8,13H,9-10H2,(H,21,23). The molecule has 1 aliphatic carbocycles. The molecule has 0 radical (unpaired) electrons. The Morgan fingerprint density at radius 3 is 2.58 bits per heavy atom. The number of carbonyl (C=O) groups is 1. The van der Waals surface area contributed by atoms with Crippen LogP contribution in [-0.4, -0.2) is 15.2 Å². The number of anilines is 1. The zero-order valence-corrected chi connectivity index (χ0v) is 15.0. The summed E-state index contributed by atoms with van der Waals surface area (Å²) < 4.78 is 0.308. The number of nitrogens with one attached hydrogen (secondary N) is 1. The van der Waals surface area contributed by atoms with Gasteiger partial charge < -0.3 is 5.32 Å². The molecule has 122 valence electrons. The number of rotatable bonds is 4. The van der Waals surface area contributed by atoms with E-state index in [1.165, 1.54) is 4.70 Å². The summed E-state index contributed by atoms with van der Waals surface area (Å²) in [6.07, 6.45) is 1.29. The van der Waals surface area contributed by atoms with Crippen LogP contribution in [0.1, 0.15) is 17.0 Å². The fraction of sp³-hybridized carbons (Fsp3) is 0.222. The molecule has 0 saturated heterocycles. The first-order valence-corrected chi connectivity index (χ1v) is 9.20. The van der Waals surface area contributed by atoms with Gasteiger partial charge in [0.15, 0.2) is 0 Å². The summed E-state index contributed by atoms with van der Waals surface area (Å²) in [4.78, 5) is 16.6. The van der Waals surface area contributed by atoms with Crippen LogP contribution in [0.5, 0.6) is 0 Å². The maximum absolute atomic E-state index is 12.0. The number of halogens is 2. The van der Waals surface area contributed by atoms with Gasteiger partial charge in [-0.2, -0.15) is 0 Å². The highest BCUT2D eigenvalue weighted by Gasteiger charge is 2.56. The Bertz CT molecular complexity index is 872. The number of carbonyl (C=O) groups excluding carboxylic acids is 1. The highest BCUT2D eigenvalue weighted by molar-refractivity contribution is 7.18. The molecule has 4 rings (SSSR count). The number of hydrogen-bond acceptors (Lipinski definition) is 3. The molecule has 0 aliphatic heterocycles. The van der Waals surface area contributed by atoms with Gasteiger partial charge in [-0.3, -0.25) is 4.79 Å². The Morgan fingerprint density at radius 2 is 1.92 bits per heavy atom. The molecule has 1 N–H and O–H groups in total. The quantitative estimate of drug-likeness (QED) is 0.649. The van der Waals surface area contributed by atoms with Crippen molar-refractivity contribution in [2.75, 3.05) is 5.32 Å². The molecule has 3 nitrogen and oxygen atoms in total. The van der Waals surface area contributed by atoms with Crippen LogP contribution >= 0.6 is 34.5 Å². The van der Waals surface area contributed by atoms with E-state index in [1.807, 2.05) is 42.5 Å². The third kappa shape index (κ3) is 3.27. The van der Waals surface area contributed by atoms with Crippen molar-refractivity contribution < 1.29 is 4.79 Å². The van der Waals surface area contributed by atoms with Crippen molar-refractivity contribution in [1.29, 1.82) is 0 Å². The first kappa shape index (κ1) is 15.9. The Labute approximate surface area is 153 Å². The predicted octanol–water partition coefficient (Wildman–Crippen LogP) is 5.02. The predicted molar refractivity (Wildman–Crippen MR) is 100 cm³/mol. The van der Waals surface area contributed by atoms with Crippen LogP contribution < -0.4 is 5.32 Å². The van der Waals surface area contributed by atoms with Gasteiger partial charge in [-0.05, 0) is 36.2 Å². The lowest BCUT2D eigenvalue weighted by molar-refractivity contribution is -0.117. The fourth-order valence-electron chi connectivity index (χ4n) is 2.60. The van der Waals surface area contributed by atoms with E-state index >= 15 is 0 Å². The van der Waals surface area contributed by atoms with Crippen molar-refractivity contribution in [2.45, 2.75) is 17.2 Å². The summed E-state index contributed by atoms with van der Waals surface area (Å²) >= 11 is 13.5. The molecule has 0 spiro atoms. The molecule has 24 heavy (non-hydrogen) atoms. The third-order valence-electron chi connectivity index (χ3n) is 4.06. The van der Waals surface area contributed by atoms with Crippen molar-refractivity contribution in [1.82, 2.24) is 4.98 Å². The van der Waals surface area contributed by atoms with Crippen LogP contribution in [0.4, 0.5) is 5.69 Å². The minimum absolute atomic E-state index is 0.126. The van der Waals surface area contributed by atoms with Crippen LogP contribution in [-0.2, 0) is 11.2 Å². The molecule has 3 aromatic rings. The van der Waals surface area contributed by atoms with E-state index in [4.69, 9.17) is 23.2 Å². The number of thiazole rings is 1. The maximum Gasteiger partial charge on any atom is 0.230 e. The lowest BCUT2D eigenvalue weighted by atomic mass is 10.1. The molecule has 1 aromatic heterocycles. The number of amides is 1. The normalized spacial score (nSPS) is 18.5. The monoisotopic (exact) mass is 376 g/mol. The third-order valence-corrected chi connectivity index (χ3v) is 5.93. The first-order valence-electron chi connectivity index (χ1n) is 7.63. The van der Waals surface area contributed by atoms with Gasteiger partial charge in [0.25, 0.3) is 0 Å². The van der Waals surface area contributed by atoms with E-state index in [0.29, 0.717) is 6.42 Å². The van der Waals surface area contributed by atoms with Crippen LogP contribution in [0, 0.1) is 5.92 Å². The topological polar surface area (TPSA) is 42.0 Å². The molecule has 0 bridgehead atoms. The molecule has 1 heterocycles. The summed E-state index contributed by atoms with van der Waals surface area (Å²) in [6.45, 7) is 0. The molecule has 1 aliphatic rings. The van der Waals surface area contributed by atoms with Crippen molar-refractivity contribution >= 4 is 56.3 Å². The highest BCUT2D eigenvalue weighted by Crippen LogP contribution is 2.53. The number of aromatic nitrogens is 1. The second kappa shape index (κ2) is 6.03. The van der Waals surface area contributed by atoms with Gasteiger partial charge in [-0.25, -0.2) is 4.98 Å². The van der Waals surface area contributed by atoms with E-state index in [9.17, 15) is 4.79 Å². The number of fused-ring (bicyclic) bond motifs is 1. The number of hydrogen-bond donors (Lipinski definition) is 1. The molecule has 1 amide bonds. The minimum atomic E-state index is -0.892. The Kier molecular flexibility index (Phi) is 3.99. The Balaban J connectivity index is 1.43. The molecule has 2 aromatic carbocycles. The van der Waals surface area contributed by atoms with Crippen LogP contribution in [0.2, 0.25) is 0 Å². The van der Waals surface area contributed by atoms with Gasteiger partial charge in [0.1, 0.15) is 4.33 Å². The second-order valence-corrected chi connectivity index (χ2v) is 8.61. The van der Waals surface area contributed by atoms with Crippen LogP contribution in [0.25, 0.3) is 10.2 Å². The average molecular weight is 377 g/mol. The van der Waals surface area contributed by atoms with Gasteiger partial charge >= 0.3 is 0 Å². The smallest absolute Gasteiger partial charge is 0.230 e. The van der Waals surface area contributed by atoms with Crippen LogP contribution in [0.15, 0.2) is 48.5 Å². The van der Waals surface area contributed by atoms with Crippen LogP contribution in [0.3, 0.4) is 0 Å². The summed E-state index contributed by atoms with van der Waals surface area (Å²) in [7, 11) is 0. The SMILES string of the molecule is O=C(Nc1ccc(Cc2nc3ccccc3s2)cc1)C1CC1(Cl)Cl. The number of para-hydroxylation sites is 1. The largest absolute Gasteiger partial charge is 0.326 e. The number of benzene rings is 2. The zero-order chi connectivity index (χ0) is 16.7. The van der Waals surface area contributed by atoms with Crippen molar-refractivity contribution in [2.24, 2.45) is 5.92 Å². The Morgan fingerprint density at radius 1 is 1.21 bits per heavy atom. The Hall–Kier alpha value is -1.62. The molecule has 1 fully saturated rings. The lowest BCUT2D eigenvalue weighted by Crippen LogP contribution is -2.16. The maximum atomic E-state index is 12.0. The van der Waals surface area contributed by atoms with E-state index in [0.717, 1.165) is 28.2 Å². The van der Waals surface area contributed by atoms with E-state index < -0.39 is 4.33 Å². The highest BCUT2D eigenvalue weighted by atomic mass is 35.5. The van der Waals surface area contributed by atoms with Gasteiger partial charge in [-0.15, -0.1) is 34.5 Å². The van der Waals surface area contributed by atoms with Crippen molar-refractivity contribution in [3.63, 3.8) is 0 Å². The molecular weight excluding hydrogens is 363 g/mol.